The molecule has 1 saturated heterocycles. The predicted molar refractivity (Wildman–Crippen MR) is 149 cm³/mol. The van der Waals surface area contributed by atoms with Gasteiger partial charge >= 0.3 is 0 Å². The third kappa shape index (κ3) is 4.07. The first-order valence-corrected chi connectivity index (χ1v) is 13.6. The van der Waals surface area contributed by atoms with Crippen LogP contribution in [0.2, 0.25) is 0 Å². The molecule has 2 aromatic carbocycles. The van der Waals surface area contributed by atoms with Crippen LogP contribution in [0.1, 0.15) is 28.9 Å². The Labute approximate surface area is 225 Å². The van der Waals surface area contributed by atoms with E-state index in [0.29, 0.717) is 24.5 Å². The topological polar surface area (TPSA) is 74.4 Å². The number of para-hydroxylation sites is 1. The number of amides is 1. The molecule has 1 atom stereocenters. The summed E-state index contributed by atoms with van der Waals surface area (Å²) in [4.78, 5) is 19.1. The highest BCUT2D eigenvalue weighted by Gasteiger charge is 2.37. The van der Waals surface area contributed by atoms with Gasteiger partial charge in [-0.1, -0.05) is 30.3 Å². The molecule has 38 heavy (non-hydrogen) atoms. The summed E-state index contributed by atoms with van der Waals surface area (Å²) >= 11 is 1.76. The number of nitrogens with zero attached hydrogens (tertiary/aromatic N) is 5. The van der Waals surface area contributed by atoms with E-state index >= 15 is 0 Å². The van der Waals surface area contributed by atoms with Crippen molar-refractivity contribution in [3.8, 4) is 11.5 Å². The van der Waals surface area contributed by atoms with Crippen molar-refractivity contribution >= 4 is 28.6 Å². The summed E-state index contributed by atoms with van der Waals surface area (Å²) in [7, 11) is 3.27. The number of carbonyl (C=O) groups is 1. The average molecular weight is 528 g/mol. The molecule has 0 saturated carbocycles. The van der Waals surface area contributed by atoms with Crippen molar-refractivity contribution in [3.05, 3.63) is 94.4 Å². The Morgan fingerprint density at radius 2 is 1.87 bits per heavy atom. The number of hydrogen-bond donors (Lipinski definition) is 0. The number of benzene rings is 2. The summed E-state index contributed by atoms with van der Waals surface area (Å²) in [6, 6.07) is 14.1. The Morgan fingerprint density at radius 3 is 2.63 bits per heavy atom. The number of thioether (sulfide) groups is 1. The Morgan fingerprint density at radius 1 is 1.08 bits per heavy atom. The van der Waals surface area contributed by atoms with Crippen molar-refractivity contribution in [1.29, 1.82) is 0 Å². The molecule has 4 heterocycles. The quantitative estimate of drug-likeness (QED) is 0.333. The van der Waals surface area contributed by atoms with Crippen LogP contribution in [0.25, 0.3) is 10.9 Å². The van der Waals surface area contributed by atoms with Gasteiger partial charge in [0, 0.05) is 53.0 Å². The molecule has 194 valence electrons. The zero-order valence-corrected chi connectivity index (χ0v) is 22.4. The minimum atomic E-state index is 0.00735. The van der Waals surface area contributed by atoms with Crippen molar-refractivity contribution < 1.29 is 14.3 Å². The van der Waals surface area contributed by atoms with Crippen LogP contribution in [-0.2, 0) is 13.0 Å². The van der Waals surface area contributed by atoms with Gasteiger partial charge in [0.15, 0.2) is 11.5 Å². The molecule has 4 aromatic rings. The van der Waals surface area contributed by atoms with Crippen molar-refractivity contribution in [2.24, 2.45) is 0 Å². The van der Waals surface area contributed by atoms with Crippen molar-refractivity contribution in [3.63, 3.8) is 0 Å². The molecule has 0 bridgehead atoms. The molecule has 2 aliphatic rings. The third-order valence-electron chi connectivity index (χ3n) is 7.23. The molecular formula is C29H29N5O3S. The molecule has 0 spiro atoms. The fourth-order valence-corrected chi connectivity index (χ4v) is 6.73. The zero-order valence-electron chi connectivity index (χ0n) is 21.6. The minimum absolute atomic E-state index is 0.00735. The molecule has 0 N–H and O–H groups in total. The number of methoxy groups -OCH3 is 2. The number of hydrogen-bond acceptors (Lipinski definition) is 6. The fourth-order valence-electron chi connectivity index (χ4n) is 5.36. The Kier molecular flexibility index (Phi) is 6.45. The molecular weight excluding hydrogens is 498 g/mol. The second-order valence-corrected chi connectivity index (χ2v) is 10.3. The van der Waals surface area contributed by atoms with Gasteiger partial charge in [0.25, 0.3) is 5.91 Å². The van der Waals surface area contributed by atoms with Gasteiger partial charge in [0.1, 0.15) is 6.04 Å². The summed E-state index contributed by atoms with van der Waals surface area (Å²) < 4.78 is 13.1. The monoisotopic (exact) mass is 527 g/mol. The summed E-state index contributed by atoms with van der Waals surface area (Å²) in [6.45, 7) is 3.38. The van der Waals surface area contributed by atoms with Crippen LogP contribution in [0.5, 0.6) is 11.5 Å². The lowest BCUT2D eigenvalue weighted by Gasteiger charge is -2.31. The van der Waals surface area contributed by atoms with Crippen LogP contribution >= 0.6 is 11.8 Å². The van der Waals surface area contributed by atoms with Gasteiger partial charge in [-0.15, -0.1) is 11.8 Å². The lowest BCUT2D eigenvalue weighted by Crippen LogP contribution is -2.35. The van der Waals surface area contributed by atoms with E-state index in [1.54, 1.807) is 43.2 Å². The number of carbonyl (C=O) groups excluding carboxylic acids is 1. The molecule has 2 aliphatic heterocycles. The second-order valence-electron chi connectivity index (χ2n) is 9.24. The van der Waals surface area contributed by atoms with Crippen molar-refractivity contribution in [1.82, 2.24) is 24.5 Å². The summed E-state index contributed by atoms with van der Waals surface area (Å²) in [5, 5.41) is 9.78. The standard InChI is InChI=1S/C29H29N5O3S/c1-4-32-17-22(20-7-5-6-8-23(20)32)29(35)33-14-11-21-25(34-30-12-13-31-34)18-38-28(21)24(33)15-19-9-10-26(36-2)27(16-19)37-3/h5-13,16-17,25H,4,14-15,18H2,1-3H3. The zero-order chi connectivity index (χ0) is 26.2. The van der Waals surface area contributed by atoms with Crippen molar-refractivity contribution in [2.45, 2.75) is 25.9 Å². The third-order valence-corrected chi connectivity index (χ3v) is 8.47. The minimum Gasteiger partial charge on any atom is -0.493 e. The highest BCUT2D eigenvalue weighted by atomic mass is 32.2. The molecule has 1 fully saturated rings. The molecule has 1 unspecified atom stereocenters. The maximum absolute atomic E-state index is 14.2. The van der Waals surface area contributed by atoms with E-state index in [2.05, 4.69) is 33.8 Å². The predicted octanol–water partition coefficient (Wildman–Crippen LogP) is 5.09. The van der Waals surface area contributed by atoms with E-state index < -0.39 is 0 Å². The molecule has 1 amide bonds. The maximum atomic E-state index is 14.2. The number of rotatable bonds is 7. The smallest absolute Gasteiger partial charge is 0.260 e. The number of fused-ring (bicyclic) bond motifs is 2. The van der Waals surface area contributed by atoms with Crippen LogP contribution in [-0.4, -0.2) is 56.9 Å². The van der Waals surface area contributed by atoms with Crippen LogP contribution in [0.3, 0.4) is 0 Å². The van der Waals surface area contributed by atoms with E-state index in [-0.39, 0.29) is 11.9 Å². The lowest BCUT2D eigenvalue weighted by atomic mass is 9.98. The normalized spacial score (nSPS) is 17.1. The van der Waals surface area contributed by atoms with E-state index in [1.165, 1.54) is 5.57 Å². The molecule has 0 radical (unpaired) electrons. The van der Waals surface area contributed by atoms with Gasteiger partial charge in [0.05, 0.1) is 32.2 Å². The maximum Gasteiger partial charge on any atom is 0.260 e. The van der Waals surface area contributed by atoms with Gasteiger partial charge in [0.2, 0.25) is 0 Å². The SMILES string of the molecule is CCn1cc(C(=O)N2CC=C3C(=C2Cc2ccc(OC)c(OC)c2)SCC3n2nccn2)c2ccccc21. The van der Waals surface area contributed by atoms with E-state index in [0.717, 1.165) is 44.9 Å². The van der Waals surface area contributed by atoms with Gasteiger partial charge in [-0.3, -0.25) is 4.79 Å². The Balaban J connectivity index is 1.43. The van der Waals surface area contributed by atoms with Crippen LogP contribution in [0.15, 0.2) is 83.3 Å². The fraction of sp³-hybridized carbons (Fsp3) is 0.276. The van der Waals surface area contributed by atoms with E-state index in [1.807, 2.05) is 47.5 Å². The lowest BCUT2D eigenvalue weighted by molar-refractivity contribution is 0.0815. The van der Waals surface area contributed by atoms with Gasteiger partial charge in [-0.2, -0.15) is 15.0 Å². The van der Waals surface area contributed by atoms with Crippen LogP contribution < -0.4 is 9.47 Å². The number of ether oxygens (including phenoxy) is 2. The number of allylic oxidation sites excluding steroid dienone is 2. The van der Waals surface area contributed by atoms with Crippen LogP contribution in [0, 0.1) is 0 Å². The number of aryl methyl sites for hydroxylation is 1. The largest absolute Gasteiger partial charge is 0.493 e. The summed E-state index contributed by atoms with van der Waals surface area (Å²) in [5.74, 6) is 2.18. The molecule has 6 rings (SSSR count). The summed E-state index contributed by atoms with van der Waals surface area (Å²) in [5.41, 5.74) is 5.01. The Bertz CT molecular complexity index is 1570. The van der Waals surface area contributed by atoms with Crippen LogP contribution in [0.4, 0.5) is 0 Å². The summed E-state index contributed by atoms with van der Waals surface area (Å²) in [6.07, 6.45) is 8.15. The average Bonchev–Trinajstić information content (AvgIpc) is 3.71. The van der Waals surface area contributed by atoms with Gasteiger partial charge < -0.3 is 18.9 Å². The molecule has 8 nitrogen and oxygen atoms in total. The first-order chi connectivity index (χ1) is 18.6. The highest BCUT2D eigenvalue weighted by Crippen LogP contribution is 2.47. The van der Waals surface area contributed by atoms with Gasteiger partial charge in [-0.05, 0) is 36.3 Å². The Hall–Kier alpha value is -3.98. The first-order valence-electron chi connectivity index (χ1n) is 12.7. The molecule has 9 heteroatoms. The molecule has 2 aromatic heterocycles. The first kappa shape index (κ1) is 24.4. The molecule has 0 aliphatic carbocycles. The van der Waals surface area contributed by atoms with E-state index in [4.69, 9.17) is 9.47 Å². The van der Waals surface area contributed by atoms with Gasteiger partial charge in [-0.25, -0.2) is 0 Å². The second kappa shape index (κ2) is 10.1. The van der Waals surface area contributed by atoms with E-state index in [9.17, 15) is 4.79 Å². The highest BCUT2D eigenvalue weighted by molar-refractivity contribution is 8.03. The van der Waals surface area contributed by atoms with Crippen molar-refractivity contribution in [2.75, 3.05) is 26.5 Å². The number of aromatic nitrogens is 4.